The van der Waals surface area contributed by atoms with E-state index in [1.807, 2.05) is 20.8 Å². The number of aliphatic hydroxyl groups is 1. The van der Waals surface area contributed by atoms with Crippen LogP contribution in [0.5, 0.6) is 0 Å². The number of hydrogen-bond donors (Lipinski definition) is 1. The number of fused-ring (bicyclic) bond motifs is 1. The van der Waals surface area contributed by atoms with Gasteiger partial charge in [-0.3, -0.25) is 4.79 Å². The third-order valence-corrected chi connectivity index (χ3v) is 8.92. The van der Waals surface area contributed by atoms with Gasteiger partial charge in [0.05, 0.1) is 11.5 Å². The maximum Gasteiger partial charge on any atom is 0.311 e. The van der Waals surface area contributed by atoms with Gasteiger partial charge in [0.1, 0.15) is 6.61 Å². The quantitative estimate of drug-likeness (QED) is 0.240. The van der Waals surface area contributed by atoms with Gasteiger partial charge in [0.15, 0.2) is 0 Å². The van der Waals surface area contributed by atoms with Crippen LogP contribution in [0.25, 0.3) is 0 Å². The molecule has 2 fully saturated rings. The summed E-state index contributed by atoms with van der Waals surface area (Å²) in [6.07, 6.45) is 9.70. The maximum atomic E-state index is 12.2. The first-order valence-corrected chi connectivity index (χ1v) is 13.7. The third kappa shape index (κ3) is 6.50. The molecule has 32 heavy (non-hydrogen) atoms. The van der Waals surface area contributed by atoms with E-state index in [4.69, 9.17) is 4.74 Å². The number of carbonyl (C=O) groups is 1. The highest BCUT2D eigenvalue weighted by Gasteiger charge is 2.51. The molecule has 6 atom stereocenters. The molecule has 0 aromatic rings. The molecular weight excluding hydrogens is 464 g/mol. The minimum atomic E-state index is -0.525. The SMILES string of the molecule is C=C(COC(=O)C(C)(C)C)[C@H](CCCC)[C@@H](O)C[C@@H](C)[C@H]1CC[C@H]2/C(=C/Br)CCC[C@]12C. The molecule has 0 amide bonds. The second-order valence-electron chi connectivity index (χ2n) is 11.8. The molecule has 184 valence electrons. The van der Waals surface area contributed by atoms with Crippen LogP contribution < -0.4 is 0 Å². The van der Waals surface area contributed by atoms with Crippen molar-refractivity contribution in [1.82, 2.24) is 0 Å². The van der Waals surface area contributed by atoms with Gasteiger partial charge in [0.2, 0.25) is 0 Å². The van der Waals surface area contributed by atoms with Crippen molar-refractivity contribution in [1.29, 1.82) is 0 Å². The minimum Gasteiger partial charge on any atom is -0.461 e. The fourth-order valence-corrected chi connectivity index (χ4v) is 6.98. The zero-order valence-electron chi connectivity index (χ0n) is 21.4. The summed E-state index contributed by atoms with van der Waals surface area (Å²) in [6, 6.07) is 0. The van der Waals surface area contributed by atoms with Gasteiger partial charge in [-0.1, -0.05) is 61.7 Å². The lowest BCUT2D eigenvalue weighted by Crippen LogP contribution is -2.37. The van der Waals surface area contributed by atoms with Gasteiger partial charge >= 0.3 is 5.97 Å². The lowest BCUT2D eigenvalue weighted by molar-refractivity contribution is -0.152. The van der Waals surface area contributed by atoms with Crippen LogP contribution in [0.2, 0.25) is 0 Å². The predicted molar refractivity (Wildman–Crippen MR) is 138 cm³/mol. The summed E-state index contributed by atoms with van der Waals surface area (Å²) in [5.41, 5.74) is 2.26. The highest BCUT2D eigenvalue weighted by molar-refractivity contribution is 9.11. The summed E-state index contributed by atoms with van der Waals surface area (Å²) in [5.74, 6) is 1.56. The summed E-state index contributed by atoms with van der Waals surface area (Å²) >= 11 is 3.62. The van der Waals surface area contributed by atoms with Gasteiger partial charge in [-0.25, -0.2) is 0 Å². The monoisotopic (exact) mass is 510 g/mol. The molecule has 0 radical (unpaired) electrons. The fourth-order valence-electron chi connectivity index (χ4n) is 6.43. The lowest BCUT2D eigenvalue weighted by atomic mass is 9.61. The van der Waals surface area contributed by atoms with E-state index in [0.29, 0.717) is 23.2 Å². The summed E-state index contributed by atoms with van der Waals surface area (Å²) in [6.45, 7) is 17.0. The first-order chi connectivity index (χ1) is 15.0. The van der Waals surface area contributed by atoms with Crippen molar-refractivity contribution in [3.8, 4) is 0 Å². The molecule has 0 spiro atoms. The smallest absolute Gasteiger partial charge is 0.311 e. The van der Waals surface area contributed by atoms with Gasteiger partial charge < -0.3 is 9.84 Å². The highest BCUT2D eigenvalue weighted by atomic mass is 79.9. The Bertz CT molecular complexity index is 677. The molecule has 2 aliphatic rings. The number of carbonyl (C=O) groups excluding carboxylic acids is 1. The second kappa shape index (κ2) is 11.7. The van der Waals surface area contributed by atoms with Crippen molar-refractivity contribution in [2.75, 3.05) is 6.61 Å². The van der Waals surface area contributed by atoms with Crippen LogP contribution in [0, 0.1) is 34.5 Å². The highest BCUT2D eigenvalue weighted by Crippen LogP contribution is 2.60. The van der Waals surface area contributed by atoms with E-state index in [-0.39, 0.29) is 18.5 Å². The number of hydrogen-bond acceptors (Lipinski definition) is 3. The number of esters is 1. The summed E-state index contributed by atoms with van der Waals surface area (Å²) < 4.78 is 5.53. The van der Waals surface area contributed by atoms with E-state index in [9.17, 15) is 9.90 Å². The Morgan fingerprint density at radius 3 is 2.66 bits per heavy atom. The minimum absolute atomic E-state index is 0.0143. The van der Waals surface area contributed by atoms with Crippen LogP contribution in [0.3, 0.4) is 0 Å². The molecule has 0 aromatic heterocycles. The van der Waals surface area contributed by atoms with Crippen molar-refractivity contribution in [2.24, 2.45) is 34.5 Å². The van der Waals surface area contributed by atoms with Gasteiger partial charge in [-0.15, -0.1) is 0 Å². The van der Waals surface area contributed by atoms with Crippen LogP contribution in [0.15, 0.2) is 22.7 Å². The van der Waals surface area contributed by atoms with Crippen LogP contribution in [0.4, 0.5) is 0 Å². The van der Waals surface area contributed by atoms with Gasteiger partial charge in [-0.05, 0) is 99.4 Å². The molecule has 4 heteroatoms. The summed E-state index contributed by atoms with van der Waals surface area (Å²) in [7, 11) is 0. The maximum absolute atomic E-state index is 12.2. The first-order valence-electron chi connectivity index (χ1n) is 12.8. The molecule has 2 saturated carbocycles. The Hall–Kier alpha value is -0.610. The van der Waals surface area contributed by atoms with Crippen molar-refractivity contribution < 1.29 is 14.6 Å². The summed E-state index contributed by atoms with van der Waals surface area (Å²) in [4.78, 5) is 14.4. The standard InChI is InChI=1S/C28H47BrO3/c1-8-9-12-22(20(3)18-32-26(31)27(4,5)6)25(30)16-19(2)23-13-14-24-21(17-29)11-10-15-28(23,24)7/h17,19,22-25,30H,3,8-16,18H2,1-2,4-7H3/b21-17+/t19-,22+,23-,24+,25+,28-/m1/s1. The topological polar surface area (TPSA) is 46.5 Å². The number of aliphatic hydroxyl groups excluding tert-OH is 1. The Morgan fingerprint density at radius 2 is 2.06 bits per heavy atom. The van der Waals surface area contributed by atoms with E-state index in [2.05, 4.69) is 48.3 Å². The molecule has 0 saturated heterocycles. The molecule has 3 nitrogen and oxygen atoms in total. The van der Waals surface area contributed by atoms with Gasteiger partial charge in [0.25, 0.3) is 0 Å². The van der Waals surface area contributed by atoms with E-state index in [0.717, 1.165) is 31.3 Å². The molecule has 0 heterocycles. The van der Waals surface area contributed by atoms with Gasteiger partial charge in [-0.2, -0.15) is 0 Å². The average molecular weight is 512 g/mol. The summed E-state index contributed by atoms with van der Waals surface area (Å²) in [5, 5.41) is 11.3. The van der Waals surface area contributed by atoms with Crippen molar-refractivity contribution in [2.45, 2.75) is 105 Å². The Labute approximate surface area is 205 Å². The Kier molecular flexibility index (Phi) is 10.1. The number of allylic oxidation sites excluding steroid dienone is 1. The number of rotatable bonds is 10. The molecule has 0 bridgehead atoms. The molecular formula is C28H47BrO3. The largest absolute Gasteiger partial charge is 0.461 e. The number of ether oxygens (including phenoxy) is 1. The predicted octanol–water partition coefficient (Wildman–Crippen LogP) is 7.82. The number of halogens is 1. The molecule has 2 rings (SSSR count). The van der Waals surface area contributed by atoms with Crippen LogP contribution in [-0.2, 0) is 9.53 Å². The zero-order valence-corrected chi connectivity index (χ0v) is 23.0. The Balaban J connectivity index is 2.04. The van der Waals surface area contributed by atoms with E-state index < -0.39 is 11.5 Å². The molecule has 2 aliphatic carbocycles. The third-order valence-electron chi connectivity index (χ3n) is 8.34. The fraction of sp³-hybridized carbons (Fsp3) is 0.821. The normalized spacial score (nSPS) is 29.9. The van der Waals surface area contributed by atoms with Crippen molar-refractivity contribution in [3.05, 3.63) is 22.7 Å². The lowest BCUT2D eigenvalue weighted by Gasteiger charge is -2.44. The van der Waals surface area contributed by atoms with Crippen molar-refractivity contribution >= 4 is 21.9 Å². The van der Waals surface area contributed by atoms with Crippen LogP contribution in [0.1, 0.15) is 99.3 Å². The first kappa shape index (κ1) is 27.6. The van der Waals surface area contributed by atoms with Crippen LogP contribution >= 0.6 is 15.9 Å². The molecule has 0 aromatic carbocycles. The average Bonchev–Trinajstić information content (AvgIpc) is 3.08. The Morgan fingerprint density at radius 1 is 1.38 bits per heavy atom. The number of unbranched alkanes of at least 4 members (excludes halogenated alkanes) is 1. The zero-order chi connectivity index (χ0) is 24.1. The van der Waals surface area contributed by atoms with Crippen molar-refractivity contribution in [3.63, 3.8) is 0 Å². The van der Waals surface area contributed by atoms with E-state index in [1.54, 1.807) is 5.57 Å². The van der Waals surface area contributed by atoms with Gasteiger partial charge in [0, 0.05) is 5.92 Å². The molecule has 1 N–H and O–H groups in total. The molecule has 0 unspecified atom stereocenters. The van der Waals surface area contributed by atoms with E-state index >= 15 is 0 Å². The second-order valence-corrected chi connectivity index (χ2v) is 12.3. The molecule has 0 aliphatic heterocycles. The van der Waals surface area contributed by atoms with E-state index in [1.165, 1.54) is 32.1 Å². The van der Waals surface area contributed by atoms with Crippen LogP contribution in [-0.4, -0.2) is 23.8 Å².